The van der Waals surface area contributed by atoms with E-state index in [1.54, 1.807) is 12.1 Å². The smallest absolute Gasteiger partial charge is 0.123 e. The molecule has 0 bridgehead atoms. The zero-order valence-corrected chi connectivity index (χ0v) is 19.7. The first-order chi connectivity index (χ1) is 13.6. The number of rotatable bonds is 4. The summed E-state index contributed by atoms with van der Waals surface area (Å²) in [6.45, 7) is 1.31. The Bertz CT molecular complexity index is 753. The first-order valence-corrected chi connectivity index (χ1v) is 10.2. The number of hydrogen-bond acceptors (Lipinski definition) is 3. The molecule has 0 spiro atoms. The predicted molar refractivity (Wildman–Crippen MR) is 110 cm³/mol. The number of fused-ring (bicyclic) bond motifs is 1. The zero-order chi connectivity index (χ0) is 19.8. The van der Waals surface area contributed by atoms with Crippen LogP contribution in [0.5, 0.6) is 0 Å². The van der Waals surface area contributed by atoms with E-state index in [-0.39, 0.29) is 51.3 Å². The van der Waals surface area contributed by atoms with Crippen LogP contribution in [0, 0.1) is 5.82 Å². The van der Waals surface area contributed by atoms with Gasteiger partial charge in [0.1, 0.15) is 5.82 Å². The van der Waals surface area contributed by atoms with Crippen LogP contribution in [0.1, 0.15) is 54.8 Å². The van der Waals surface area contributed by atoms with Gasteiger partial charge in [0.2, 0.25) is 0 Å². The molecule has 3 N–H and O–H groups in total. The summed E-state index contributed by atoms with van der Waals surface area (Å²) in [5, 5.41) is 25.7. The Kier molecular flexibility index (Phi) is 10.4. The molecular weight excluding hydrogens is 444 g/mol. The van der Waals surface area contributed by atoms with E-state index in [4.69, 9.17) is 5.11 Å². The van der Waals surface area contributed by atoms with E-state index in [1.165, 1.54) is 23.6 Å². The largest absolute Gasteiger partial charge is 0.652 e. The Labute approximate surface area is 198 Å². The van der Waals surface area contributed by atoms with Gasteiger partial charge < -0.3 is 15.5 Å². The van der Waals surface area contributed by atoms with Gasteiger partial charge in [-0.2, -0.15) is 0 Å². The van der Waals surface area contributed by atoms with Gasteiger partial charge in [0.25, 0.3) is 0 Å². The Morgan fingerprint density at radius 3 is 2.55 bits per heavy atom. The summed E-state index contributed by atoms with van der Waals surface area (Å²) in [6.07, 6.45) is 6.21. The number of hydrogen-bond donors (Lipinski definition) is 3. The maximum absolute atomic E-state index is 13.3. The molecule has 1 atom stereocenters. The second-order valence-electron chi connectivity index (χ2n) is 7.68. The van der Waals surface area contributed by atoms with E-state index in [1.807, 2.05) is 18.2 Å². The summed E-state index contributed by atoms with van der Waals surface area (Å²) in [5.74, 6) is -0.194. The third-order valence-corrected chi connectivity index (χ3v) is 5.56. The van der Waals surface area contributed by atoms with Gasteiger partial charge in [0.15, 0.2) is 0 Å². The van der Waals surface area contributed by atoms with Crippen molar-refractivity contribution in [1.82, 2.24) is 5.32 Å². The van der Waals surface area contributed by atoms with Crippen molar-refractivity contribution in [3.63, 3.8) is 0 Å². The van der Waals surface area contributed by atoms with Crippen LogP contribution in [0.25, 0.3) is 5.32 Å². The molecule has 0 saturated heterocycles. The summed E-state index contributed by atoms with van der Waals surface area (Å²) in [6, 6.07) is 15.0. The van der Waals surface area contributed by atoms with Crippen LogP contribution in [-0.2, 0) is 39.1 Å². The van der Waals surface area contributed by atoms with Gasteiger partial charge in [-0.3, -0.25) is 5.32 Å². The number of nitrogens with one attached hydrogen (secondary N) is 1. The molecule has 0 aromatic heterocycles. The molecule has 1 unspecified atom stereocenters. The quantitative estimate of drug-likeness (QED) is 0.586. The normalized spacial score (nSPS) is 19.9. The Balaban J connectivity index is 0.000000219. The molecule has 4 nitrogen and oxygen atoms in total. The monoisotopic (exact) mass is 474 g/mol. The molecule has 2 aliphatic rings. The first-order valence-electron chi connectivity index (χ1n) is 10.2. The van der Waals surface area contributed by atoms with Crippen LogP contribution in [0.4, 0.5) is 4.39 Å². The Morgan fingerprint density at radius 1 is 1.07 bits per heavy atom. The van der Waals surface area contributed by atoms with Gasteiger partial charge in [0, 0.05) is 39.3 Å². The van der Waals surface area contributed by atoms with Gasteiger partial charge in [-0.25, -0.2) is 4.39 Å². The fraction of sp³-hybridized carbons (Fsp3) is 0.478. The average molecular weight is 474 g/mol. The van der Waals surface area contributed by atoms with Crippen LogP contribution in [0.3, 0.4) is 0 Å². The minimum Gasteiger partial charge on any atom is -0.652 e. The molecule has 6 heteroatoms. The number of aliphatic hydroxyl groups is 2. The Morgan fingerprint density at radius 2 is 1.83 bits per heavy atom. The summed E-state index contributed by atoms with van der Waals surface area (Å²) in [5.41, 5.74) is 2.94. The van der Waals surface area contributed by atoms with E-state index >= 15 is 0 Å². The van der Waals surface area contributed by atoms with Gasteiger partial charge in [0.05, 0.1) is 12.3 Å². The minimum absolute atomic E-state index is 0. The van der Waals surface area contributed by atoms with Crippen molar-refractivity contribution in [3.05, 3.63) is 76.4 Å². The molecule has 1 heterocycles. The maximum Gasteiger partial charge on any atom is 0.123 e. The molecular formula is C23H30FN2O2Y-. The molecule has 1 fully saturated rings. The summed E-state index contributed by atoms with van der Waals surface area (Å²) in [4.78, 5) is 0. The number of aliphatic hydroxyl groups excluding tert-OH is 1. The molecule has 1 aliphatic carbocycles. The average Bonchev–Trinajstić information content (AvgIpc) is 2.73. The SMILES string of the molecule is Fc1cccc(C2[N-]CCc3ccccc32)c1.OCNCC1(O)CCCCC1.[Y]. The molecule has 2 aromatic rings. The van der Waals surface area contributed by atoms with Gasteiger partial charge in [-0.15, -0.1) is 6.54 Å². The zero-order valence-electron chi connectivity index (χ0n) is 16.9. The van der Waals surface area contributed by atoms with E-state index in [2.05, 4.69) is 22.8 Å². The van der Waals surface area contributed by atoms with E-state index < -0.39 is 5.60 Å². The number of halogens is 1. The molecule has 1 saturated carbocycles. The first kappa shape index (κ1) is 24.6. The Hall–Kier alpha value is -0.686. The third-order valence-electron chi connectivity index (χ3n) is 5.56. The molecule has 4 rings (SSSR count). The molecule has 29 heavy (non-hydrogen) atoms. The van der Waals surface area contributed by atoms with Crippen molar-refractivity contribution in [2.24, 2.45) is 0 Å². The van der Waals surface area contributed by atoms with Crippen molar-refractivity contribution in [3.8, 4) is 0 Å². The van der Waals surface area contributed by atoms with E-state index in [0.717, 1.165) is 44.2 Å². The third kappa shape index (κ3) is 7.20. The molecule has 1 aliphatic heterocycles. The van der Waals surface area contributed by atoms with Gasteiger partial charge in [-0.1, -0.05) is 72.8 Å². The van der Waals surface area contributed by atoms with E-state index in [0.29, 0.717) is 6.54 Å². The van der Waals surface area contributed by atoms with Crippen LogP contribution < -0.4 is 5.32 Å². The maximum atomic E-state index is 13.3. The fourth-order valence-corrected chi connectivity index (χ4v) is 4.08. The van der Waals surface area contributed by atoms with Crippen LogP contribution >= 0.6 is 0 Å². The van der Waals surface area contributed by atoms with Crippen molar-refractivity contribution in [1.29, 1.82) is 0 Å². The summed E-state index contributed by atoms with van der Waals surface area (Å²) < 4.78 is 13.3. The van der Waals surface area contributed by atoms with Gasteiger partial charge in [-0.05, 0) is 37.0 Å². The molecule has 0 amide bonds. The second kappa shape index (κ2) is 12.2. The second-order valence-corrected chi connectivity index (χ2v) is 7.68. The van der Waals surface area contributed by atoms with Crippen molar-refractivity contribution in [2.75, 3.05) is 19.8 Å². The van der Waals surface area contributed by atoms with Gasteiger partial charge >= 0.3 is 0 Å². The van der Waals surface area contributed by atoms with Crippen LogP contribution in [-0.4, -0.2) is 35.6 Å². The molecule has 1 radical (unpaired) electrons. The van der Waals surface area contributed by atoms with Crippen molar-refractivity contribution < 1.29 is 47.3 Å². The number of benzene rings is 2. The van der Waals surface area contributed by atoms with Crippen LogP contribution in [0.15, 0.2) is 48.5 Å². The summed E-state index contributed by atoms with van der Waals surface area (Å²) >= 11 is 0. The summed E-state index contributed by atoms with van der Waals surface area (Å²) in [7, 11) is 0. The molecule has 2 aromatic carbocycles. The fourth-order valence-electron chi connectivity index (χ4n) is 4.08. The van der Waals surface area contributed by atoms with Crippen molar-refractivity contribution >= 4 is 0 Å². The van der Waals surface area contributed by atoms with E-state index in [9.17, 15) is 9.50 Å². The predicted octanol–water partition coefficient (Wildman–Crippen LogP) is 4.06. The van der Waals surface area contributed by atoms with Crippen LogP contribution in [0.2, 0.25) is 0 Å². The molecule has 155 valence electrons. The topological polar surface area (TPSA) is 66.6 Å². The minimum atomic E-state index is -0.541. The van der Waals surface area contributed by atoms with Crippen molar-refractivity contribution in [2.45, 2.75) is 50.2 Å². The standard InChI is InChI=1S/C15H13FN.C8H17NO2.Y/c16-13-6-3-5-12(10-13)15-14-7-2-1-4-11(14)8-9-17-15;10-7-9-6-8(11)4-2-1-3-5-8;/h1-7,10,15H,8-9H2;9-11H,1-7H2;/q-1;;. The number of nitrogens with zero attached hydrogens (tertiary/aromatic N) is 1.